The number of anilines is 1. The second kappa shape index (κ2) is 4.73. The van der Waals surface area contributed by atoms with Crippen molar-refractivity contribution in [1.82, 2.24) is 0 Å². The summed E-state index contributed by atoms with van der Waals surface area (Å²) in [6.07, 6.45) is 1.04. The molecule has 13 heavy (non-hydrogen) atoms. The van der Waals surface area contributed by atoms with Gasteiger partial charge in [-0.15, -0.1) is 0 Å². The number of halogens is 2. The lowest BCUT2D eigenvalue weighted by Crippen LogP contribution is -2.13. The number of hydrogen-bond donors (Lipinski definition) is 1. The van der Waals surface area contributed by atoms with E-state index in [0.717, 1.165) is 12.1 Å². The third-order valence-corrected chi connectivity index (χ3v) is 2.60. The topological polar surface area (TPSA) is 12.0 Å². The molecule has 3 heteroatoms. The second-order valence-electron chi connectivity index (χ2n) is 3.05. The zero-order chi connectivity index (χ0) is 9.84. The van der Waals surface area contributed by atoms with Gasteiger partial charge in [0.2, 0.25) is 0 Å². The first-order chi connectivity index (χ1) is 6.15. The molecule has 1 atom stereocenters. The van der Waals surface area contributed by atoms with Gasteiger partial charge in [0.1, 0.15) is 0 Å². The van der Waals surface area contributed by atoms with Crippen LogP contribution in [0.3, 0.4) is 0 Å². The van der Waals surface area contributed by atoms with Crippen LogP contribution < -0.4 is 5.32 Å². The lowest BCUT2D eigenvalue weighted by Gasteiger charge is -2.15. The zero-order valence-corrected chi connectivity index (χ0v) is 9.28. The number of nitrogens with one attached hydrogen (secondary N) is 1. The Balaban J connectivity index is 2.87. The van der Waals surface area contributed by atoms with Gasteiger partial charge in [0, 0.05) is 6.04 Å². The summed E-state index contributed by atoms with van der Waals surface area (Å²) in [5, 5.41) is 4.61. The van der Waals surface area contributed by atoms with E-state index in [-0.39, 0.29) is 0 Å². The smallest absolute Gasteiger partial charge is 0.0720 e. The molecule has 1 unspecified atom stereocenters. The van der Waals surface area contributed by atoms with Crippen molar-refractivity contribution < 1.29 is 0 Å². The Morgan fingerprint density at radius 3 is 2.31 bits per heavy atom. The van der Waals surface area contributed by atoms with Crippen LogP contribution in [0.4, 0.5) is 5.69 Å². The minimum atomic E-state index is 0.386. The van der Waals surface area contributed by atoms with E-state index in [1.165, 1.54) is 0 Å². The lowest BCUT2D eigenvalue weighted by molar-refractivity contribution is 0.764. The highest BCUT2D eigenvalue weighted by Crippen LogP contribution is 2.30. The van der Waals surface area contributed by atoms with Gasteiger partial charge in [-0.3, -0.25) is 0 Å². The molecule has 0 heterocycles. The average Bonchev–Trinajstić information content (AvgIpc) is 2.11. The van der Waals surface area contributed by atoms with Crippen LogP contribution in [0.5, 0.6) is 0 Å². The van der Waals surface area contributed by atoms with Crippen molar-refractivity contribution in [1.29, 1.82) is 0 Å². The van der Waals surface area contributed by atoms with Gasteiger partial charge >= 0.3 is 0 Å². The molecule has 0 aliphatic rings. The normalized spacial score (nSPS) is 12.6. The number of rotatable bonds is 3. The van der Waals surface area contributed by atoms with Crippen molar-refractivity contribution in [2.45, 2.75) is 26.3 Å². The Morgan fingerprint density at radius 2 is 1.85 bits per heavy atom. The highest BCUT2D eigenvalue weighted by atomic mass is 35.5. The Labute approximate surface area is 89.0 Å². The third kappa shape index (κ3) is 2.78. The molecule has 0 radical (unpaired) electrons. The first-order valence-electron chi connectivity index (χ1n) is 4.35. The minimum Gasteiger partial charge on any atom is -0.380 e. The summed E-state index contributed by atoms with van der Waals surface area (Å²) in [5.74, 6) is 0. The van der Waals surface area contributed by atoms with E-state index in [2.05, 4.69) is 19.2 Å². The molecule has 0 aliphatic heterocycles. The van der Waals surface area contributed by atoms with Gasteiger partial charge in [0.05, 0.1) is 15.7 Å². The average molecular weight is 218 g/mol. The van der Waals surface area contributed by atoms with Crippen LogP contribution >= 0.6 is 23.2 Å². The molecule has 0 saturated heterocycles. The molecule has 72 valence electrons. The summed E-state index contributed by atoms with van der Waals surface area (Å²) < 4.78 is 0. The SMILES string of the molecule is CCC(C)Nc1c(Cl)cccc1Cl. The highest BCUT2D eigenvalue weighted by Gasteiger charge is 2.06. The van der Waals surface area contributed by atoms with E-state index < -0.39 is 0 Å². The maximum absolute atomic E-state index is 5.98. The van der Waals surface area contributed by atoms with E-state index in [0.29, 0.717) is 16.1 Å². The Bertz CT molecular complexity index is 266. The van der Waals surface area contributed by atoms with Gasteiger partial charge in [0.15, 0.2) is 0 Å². The molecule has 0 amide bonds. The van der Waals surface area contributed by atoms with Crippen LogP contribution in [0.1, 0.15) is 20.3 Å². The van der Waals surface area contributed by atoms with Crippen LogP contribution in [0.25, 0.3) is 0 Å². The van der Waals surface area contributed by atoms with Crippen molar-refractivity contribution in [3.05, 3.63) is 28.2 Å². The molecular formula is C10H13Cl2N. The third-order valence-electron chi connectivity index (χ3n) is 1.97. The Kier molecular flexibility index (Phi) is 3.89. The standard InChI is InChI=1S/C10H13Cl2N/c1-3-7(2)13-10-8(11)5-4-6-9(10)12/h4-7,13H,3H2,1-2H3. The quantitative estimate of drug-likeness (QED) is 0.801. The molecule has 0 fully saturated rings. The van der Waals surface area contributed by atoms with Crippen molar-refractivity contribution >= 4 is 28.9 Å². The van der Waals surface area contributed by atoms with Crippen molar-refractivity contribution in [2.75, 3.05) is 5.32 Å². The number of para-hydroxylation sites is 1. The maximum Gasteiger partial charge on any atom is 0.0720 e. The Morgan fingerprint density at radius 1 is 1.31 bits per heavy atom. The largest absolute Gasteiger partial charge is 0.380 e. The van der Waals surface area contributed by atoms with Gasteiger partial charge in [-0.05, 0) is 25.5 Å². The van der Waals surface area contributed by atoms with Crippen LogP contribution in [-0.4, -0.2) is 6.04 Å². The van der Waals surface area contributed by atoms with E-state index in [4.69, 9.17) is 23.2 Å². The monoisotopic (exact) mass is 217 g/mol. The van der Waals surface area contributed by atoms with Gasteiger partial charge in [0.25, 0.3) is 0 Å². The predicted octanol–water partition coefficient (Wildman–Crippen LogP) is 4.20. The van der Waals surface area contributed by atoms with Crippen molar-refractivity contribution in [3.63, 3.8) is 0 Å². The van der Waals surface area contributed by atoms with Gasteiger partial charge in [-0.2, -0.15) is 0 Å². The first-order valence-corrected chi connectivity index (χ1v) is 5.11. The second-order valence-corrected chi connectivity index (χ2v) is 3.86. The fraction of sp³-hybridized carbons (Fsp3) is 0.400. The Hall–Kier alpha value is -0.400. The van der Waals surface area contributed by atoms with E-state index in [1.54, 1.807) is 0 Å². The molecule has 0 bridgehead atoms. The van der Waals surface area contributed by atoms with E-state index >= 15 is 0 Å². The fourth-order valence-electron chi connectivity index (χ4n) is 0.984. The molecular weight excluding hydrogens is 205 g/mol. The summed E-state index contributed by atoms with van der Waals surface area (Å²) in [4.78, 5) is 0. The van der Waals surface area contributed by atoms with Gasteiger partial charge in [-0.25, -0.2) is 0 Å². The molecule has 0 aromatic heterocycles. The molecule has 1 aromatic rings. The lowest BCUT2D eigenvalue weighted by atomic mass is 10.2. The minimum absolute atomic E-state index is 0.386. The fourth-order valence-corrected chi connectivity index (χ4v) is 1.49. The van der Waals surface area contributed by atoms with Crippen LogP contribution in [0.2, 0.25) is 10.0 Å². The number of hydrogen-bond acceptors (Lipinski definition) is 1. The summed E-state index contributed by atoms with van der Waals surface area (Å²) in [5.41, 5.74) is 0.834. The molecule has 0 saturated carbocycles. The summed E-state index contributed by atoms with van der Waals surface area (Å²) >= 11 is 12.0. The summed E-state index contributed by atoms with van der Waals surface area (Å²) in [7, 11) is 0. The zero-order valence-electron chi connectivity index (χ0n) is 7.77. The highest BCUT2D eigenvalue weighted by molar-refractivity contribution is 6.39. The van der Waals surface area contributed by atoms with Gasteiger partial charge in [-0.1, -0.05) is 36.2 Å². The molecule has 1 N–H and O–H groups in total. The molecule has 1 rings (SSSR count). The van der Waals surface area contributed by atoms with Crippen molar-refractivity contribution in [2.24, 2.45) is 0 Å². The maximum atomic E-state index is 5.98. The first kappa shape index (κ1) is 10.7. The summed E-state index contributed by atoms with van der Waals surface area (Å²) in [6, 6.07) is 5.89. The van der Waals surface area contributed by atoms with Crippen LogP contribution in [0.15, 0.2) is 18.2 Å². The molecule has 0 aliphatic carbocycles. The number of benzene rings is 1. The van der Waals surface area contributed by atoms with Gasteiger partial charge < -0.3 is 5.32 Å². The van der Waals surface area contributed by atoms with E-state index in [1.807, 2.05) is 18.2 Å². The van der Waals surface area contributed by atoms with Crippen LogP contribution in [0, 0.1) is 0 Å². The van der Waals surface area contributed by atoms with Crippen molar-refractivity contribution in [3.8, 4) is 0 Å². The molecule has 1 aromatic carbocycles. The molecule has 0 spiro atoms. The predicted molar refractivity (Wildman–Crippen MR) is 59.8 cm³/mol. The molecule has 1 nitrogen and oxygen atoms in total. The van der Waals surface area contributed by atoms with Crippen LogP contribution in [-0.2, 0) is 0 Å². The van der Waals surface area contributed by atoms with E-state index in [9.17, 15) is 0 Å². The summed E-state index contributed by atoms with van der Waals surface area (Å²) in [6.45, 7) is 4.21.